The zero-order chi connectivity index (χ0) is 14.2. The van der Waals surface area contributed by atoms with Crippen LogP contribution in [0.25, 0.3) is 0 Å². The third kappa shape index (κ3) is 2.60. The van der Waals surface area contributed by atoms with Crippen LogP contribution >= 0.6 is 0 Å². The highest BCUT2D eigenvalue weighted by Gasteiger charge is 2.40. The van der Waals surface area contributed by atoms with Gasteiger partial charge in [-0.1, -0.05) is 19.3 Å². The van der Waals surface area contributed by atoms with Crippen LogP contribution in [0.15, 0.2) is 12.3 Å². The van der Waals surface area contributed by atoms with Crippen molar-refractivity contribution < 1.29 is 4.79 Å². The summed E-state index contributed by atoms with van der Waals surface area (Å²) in [6, 6.07) is 2.43. The van der Waals surface area contributed by atoms with Crippen LogP contribution in [0.3, 0.4) is 0 Å². The molecule has 3 saturated carbocycles. The summed E-state index contributed by atoms with van der Waals surface area (Å²) in [6.07, 6.45) is 12.9. The van der Waals surface area contributed by atoms with Crippen LogP contribution in [-0.4, -0.2) is 15.7 Å². The summed E-state index contributed by atoms with van der Waals surface area (Å²) >= 11 is 0. The molecule has 0 radical (unpaired) electrons. The topological polar surface area (TPSA) is 46.9 Å². The Labute approximate surface area is 126 Å². The standard InChI is InChI=1S/C17H25N3O/c21-17(11-14-10-12-5-6-13(14)9-12)19-16-7-8-18-20(16)15-3-1-2-4-15/h7-8,12-15H,1-6,9-11H2,(H,19,21)/t12-,13-,14+/m0/s1. The number of nitrogens with one attached hydrogen (secondary N) is 1. The van der Waals surface area contributed by atoms with Gasteiger partial charge in [-0.2, -0.15) is 5.10 Å². The second-order valence-electron chi connectivity index (χ2n) is 7.29. The lowest BCUT2D eigenvalue weighted by Gasteiger charge is -2.21. The zero-order valence-electron chi connectivity index (χ0n) is 12.6. The highest BCUT2D eigenvalue weighted by Crippen LogP contribution is 2.49. The van der Waals surface area contributed by atoms with Gasteiger partial charge >= 0.3 is 0 Å². The lowest BCUT2D eigenvalue weighted by Crippen LogP contribution is -2.22. The van der Waals surface area contributed by atoms with E-state index >= 15 is 0 Å². The predicted molar refractivity (Wildman–Crippen MR) is 81.9 cm³/mol. The van der Waals surface area contributed by atoms with E-state index in [1.807, 2.05) is 16.9 Å². The number of carbonyl (C=O) groups excluding carboxylic acids is 1. The SMILES string of the molecule is O=C(C[C@H]1C[C@H]2CC[C@H]1C2)Nc1ccnn1C1CCCC1. The van der Waals surface area contributed by atoms with E-state index in [9.17, 15) is 4.79 Å². The van der Waals surface area contributed by atoms with Crippen LogP contribution in [0, 0.1) is 17.8 Å². The van der Waals surface area contributed by atoms with Gasteiger partial charge in [0.15, 0.2) is 0 Å². The Morgan fingerprint density at radius 3 is 2.81 bits per heavy atom. The van der Waals surface area contributed by atoms with Crippen LogP contribution in [0.1, 0.15) is 63.8 Å². The molecule has 3 aliphatic carbocycles. The molecule has 0 saturated heterocycles. The first kappa shape index (κ1) is 13.4. The van der Waals surface area contributed by atoms with Gasteiger partial charge in [0, 0.05) is 12.5 Å². The molecular formula is C17H25N3O. The van der Waals surface area contributed by atoms with Gasteiger partial charge in [0.25, 0.3) is 0 Å². The molecule has 0 aromatic carbocycles. The molecule has 3 aliphatic rings. The maximum atomic E-state index is 12.4. The Hall–Kier alpha value is -1.32. The van der Waals surface area contributed by atoms with E-state index in [4.69, 9.17) is 0 Å². The molecule has 21 heavy (non-hydrogen) atoms. The highest BCUT2D eigenvalue weighted by atomic mass is 16.1. The van der Waals surface area contributed by atoms with Crippen LogP contribution in [0.5, 0.6) is 0 Å². The quantitative estimate of drug-likeness (QED) is 0.916. The first-order valence-electron chi connectivity index (χ1n) is 8.63. The van der Waals surface area contributed by atoms with Gasteiger partial charge in [0.2, 0.25) is 5.91 Å². The summed E-state index contributed by atoms with van der Waals surface area (Å²) in [6.45, 7) is 0. The molecule has 1 N–H and O–H groups in total. The van der Waals surface area contributed by atoms with Crippen molar-refractivity contribution in [3.05, 3.63) is 12.3 Å². The second-order valence-corrected chi connectivity index (χ2v) is 7.29. The third-order valence-electron chi connectivity index (χ3n) is 5.94. The second kappa shape index (κ2) is 5.47. The number of carbonyl (C=O) groups is 1. The van der Waals surface area contributed by atoms with E-state index in [0.29, 0.717) is 18.4 Å². The number of fused-ring (bicyclic) bond motifs is 2. The highest BCUT2D eigenvalue weighted by molar-refractivity contribution is 5.90. The summed E-state index contributed by atoms with van der Waals surface area (Å²) < 4.78 is 2.03. The van der Waals surface area contributed by atoms with Gasteiger partial charge < -0.3 is 5.32 Å². The Morgan fingerprint density at radius 2 is 2.10 bits per heavy atom. The predicted octanol–water partition coefficient (Wildman–Crippen LogP) is 3.76. The summed E-state index contributed by atoms with van der Waals surface area (Å²) in [5, 5.41) is 7.54. The molecule has 4 rings (SSSR count). The van der Waals surface area contributed by atoms with Crippen molar-refractivity contribution in [1.29, 1.82) is 0 Å². The molecule has 0 spiro atoms. The Morgan fingerprint density at radius 1 is 1.24 bits per heavy atom. The number of hydrogen-bond donors (Lipinski definition) is 1. The van der Waals surface area contributed by atoms with Crippen molar-refractivity contribution in [2.75, 3.05) is 5.32 Å². The van der Waals surface area contributed by atoms with Crippen molar-refractivity contribution >= 4 is 11.7 Å². The average molecular weight is 287 g/mol. The fourth-order valence-electron chi connectivity index (χ4n) is 4.91. The Kier molecular flexibility index (Phi) is 3.48. The van der Waals surface area contributed by atoms with Gasteiger partial charge in [0.05, 0.1) is 12.2 Å². The molecule has 1 amide bonds. The van der Waals surface area contributed by atoms with Gasteiger partial charge in [-0.25, -0.2) is 4.68 Å². The van der Waals surface area contributed by atoms with Crippen molar-refractivity contribution in [1.82, 2.24) is 9.78 Å². The Bertz CT molecular complexity index is 518. The van der Waals surface area contributed by atoms with Crippen LogP contribution in [0.2, 0.25) is 0 Å². The lowest BCUT2D eigenvalue weighted by molar-refractivity contribution is -0.117. The minimum atomic E-state index is 0.187. The molecule has 2 bridgehead atoms. The molecule has 1 aromatic rings. The molecule has 114 valence electrons. The van der Waals surface area contributed by atoms with E-state index in [1.165, 1.54) is 51.4 Å². The van der Waals surface area contributed by atoms with Gasteiger partial charge in [-0.3, -0.25) is 4.79 Å². The smallest absolute Gasteiger partial charge is 0.225 e. The molecule has 4 nitrogen and oxygen atoms in total. The number of anilines is 1. The van der Waals surface area contributed by atoms with E-state index in [1.54, 1.807) is 0 Å². The van der Waals surface area contributed by atoms with E-state index in [0.717, 1.165) is 17.7 Å². The van der Waals surface area contributed by atoms with Crippen LogP contribution in [-0.2, 0) is 4.79 Å². The number of hydrogen-bond acceptors (Lipinski definition) is 2. The normalized spacial score (nSPS) is 31.9. The van der Waals surface area contributed by atoms with Gasteiger partial charge in [0.1, 0.15) is 5.82 Å². The minimum Gasteiger partial charge on any atom is -0.311 e. The molecule has 4 heteroatoms. The molecular weight excluding hydrogens is 262 g/mol. The number of rotatable bonds is 4. The lowest BCUT2D eigenvalue weighted by atomic mass is 9.86. The Balaban J connectivity index is 1.37. The monoisotopic (exact) mass is 287 g/mol. The fourth-order valence-corrected chi connectivity index (χ4v) is 4.91. The summed E-state index contributed by atoms with van der Waals surface area (Å²) in [5.41, 5.74) is 0. The fraction of sp³-hybridized carbons (Fsp3) is 0.765. The maximum Gasteiger partial charge on any atom is 0.225 e. The molecule has 3 atom stereocenters. The van der Waals surface area contributed by atoms with Crippen molar-refractivity contribution in [3.63, 3.8) is 0 Å². The largest absolute Gasteiger partial charge is 0.311 e. The summed E-state index contributed by atoms with van der Waals surface area (Å²) in [7, 11) is 0. The van der Waals surface area contributed by atoms with E-state index in [2.05, 4.69) is 10.4 Å². The van der Waals surface area contributed by atoms with Crippen LogP contribution < -0.4 is 5.32 Å². The van der Waals surface area contributed by atoms with E-state index < -0.39 is 0 Å². The van der Waals surface area contributed by atoms with Gasteiger partial charge in [-0.15, -0.1) is 0 Å². The van der Waals surface area contributed by atoms with Crippen LogP contribution in [0.4, 0.5) is 5.82 Å². The molecule has 0 unspecified atom stereocenters. The molecule has 1 heterocycles. The summed E-state index contributed by atoms with van der Waals surface area (Å²) in [5.74, 6) is 3.45. The first-order valence-corrected chi connectivity index (χ1v) is 8.63. The van der Waals surface area contributed by atoms with Crippen molar-refractivity contribution in [2.45, 2.75) is 63.8 Å². The van der Waals surface area contributed by atoms with Crippen molar-refractivity contribution in [2.24, 2.45) is 17.8 Å². The minimum absolute atomic E-state index is 0.187. The molecule has 1 aromatic heterocycles. The molecule has 3 fully saturated rings. The number of nitrogens with zero attached hydrogens (tertiary/aromatic N) is 2. The first-order chi connectivity index (χ1) is 10.3. The summed E-state index contributed by atoms with van der Waals surface area (Å²) in [4.78, 5) is 12.4. The third-order valence-corrected chi connectivity index (χ3v) is 5.94. The number of aromatic nitrogens is 2. The number of amides is 1. The average Bonchev–Trinajstić information content (AvgIpc) is 3.23. The van der Waals surface area contributed by atoms with Crippen molar-refractivity contribution in [3.8, 4) is 0 Å². The van der Waals surface area contributed by atoms with E-state index in [-0.39, 0.29) is 5.91 Å². The zero-order valence-corrected chi connectivity index (χ0v) is 12.6. The van der Waals surface area contributed by atoms with Gasteiger partial charge in [-0.05, 0) is 49.9 Å². The maximum absolute atomic E-state index is 12.4. The molecule has 0 aliphatic heterocycles.